The molecule has 1 aromatic carbocycles. The lowest BCUT2D eigenvalue weighted by Crippen LogP contribution is -2.43. The van der Waals surface area contributed by atoms with Gasteiger partial charge in [-0.25, -0.2) is 0 Å². The summed E-state index contributed by atoms with van der Waals surface area (Å²) in [6.07, 6.45) is 1.01. The van der Waals surface area contributed by atoms with Gasteiger partial charge in [-0.2, -0.15) is 0 Å². The van der Waals surface area contributed by atoms with Gasteiger partial charge in [0.1, 0.15) is 6.04 Å². The van der Waals surface area contributed by atoms with E-state index in [0.29, 0.717) is 0 Å². The van der Waals surface area contributed by atoms with Gasteiger partial charge in [0.15, 0.2) is 0 Å². The van der Waals surface area contributed by atoms with E-state index in [0.717, 1.165) is 30.9 Å². The molecule has 1 amide bonds. The van der Waals surface area contributed by atoms with Crippen molar-refractivity contribution in [3.05, 3.63) is 24.3 Å². The van der Waals surface area contributed by atoms with Gasteiger partial charge in [0.2, 0.25) is 5.91 Å². The van der Waals surface area contributed by atoms with E-state index in [1.165, 1.54) is 0 Å². The first-order valence-corrected chi connectivity index (χ1v) is 5.59. The summed E-state index contributed by atoms with van der Waals surface area (Å²) in [5.41, 5.74) is 7.51. The van der Waals surface area contributed by atoms with Crippen molar-refractivity contribution < 1.29 is 4.79 Å². The Bertz CT molecular complexity index is 392. The Labute approximate surface area is 95.4 Å². The highest BCUT2D eigenvalue weighted by molar-refractivity contribution is 5.85. The van der Waals surface area contributed by atoms with E-state index in [1.807, 2.05) is 31.2 Å². The van der Waals surface area contributed by atoms with Crippen LogP contribution >= 0.6 is 0 Å². The summed E-state index contributed by atoms with van der Waals surface area (Å²) in [6, 6.07) is 7.76. The standard InChI is InChI=1S/C12H17N3O/c1-9(12(13)16)15-8-4-7-14-10-5-2-3-6-11(10)15/h2-3,5-6,9,14H,4,7-8H2,1H3,(H2,13,16). The number of primary amides is 1. The van der Waals surface area contributed by atoms with Crippen LogP contribution < -0.4 is 16.0 Å². The van der Waals surface area contributed by atoms with E-state index in [2.05, 4.69) is 10.2 Å². The zero-order chi connectivity index (χ0) is 11.5. The maximum atomic E-state index is 11.3. The second-order valence-corrected chi connectivity index (χ2v) is 4.07. The summed E-state index contributed by atoms with van der Waals surface area (Å²) >= 11 is 0. The summed E-state index contributed by atoms with van der Waals surface area (Å²) in [5.74, 6) is -0.281. The van der Waals surface area contributed by atoms with Gasteiger partial charge in [0, 0.05) is 13.1 Å². The highest BCUT2D eigenvalue weighted by Gasteiger charge is 2.22. The van der Waals surface area contributed by atoms with Crippen molar-refractivity contribution in [1.29, 1.82) is 0 Å². The number of hydrogen-bond donors (Lipinski definition) is 2. The Morgan fingerprint density at radius 1 is 1.50 bits per heavy atom. The molecule has 0 saturated heterocycles. The summed E-state index contributed by atoms with van der Waals surface area (Å²) in [7, 11) is 0. The van der Waals surface area contributed by atoms with Crippen LogP contribution in [0.4, 0.5) is 11.4 Å². The van der Waals surface area contributed by atoms with Crippen LogP contribution in [0.25, 0.3) is 0 Å². The maximum absolute atomic E-state index is 11.3. The fourth-order valence-electron chi connectivity index (χ4n) is 2.02. The highest BCUT2D eigenvalue weighted by Crippen LogP contribution is 2.29. The molecule has 0 aromatic heterocycles. The van der Waals surface area contributed by atoms with Crippen LogP contribution in [-0.2, 0) is 4.79 Å². The molecule has 1 heterocycles. The molecule has 0 bridgehead atoms. The molecular formula is C12H17N3O. The molecule has 1 unspecified atom stereocenters. The molecule has 16 heavy (non-hydrogen) atoms. The summed E-state index contributed by atoms with van der Waals surface area (Å²) in [5, 5.41) is 3.36. The molecule has 0 aliphatic carbocycles. The van der Waals surface area contributed by atoms with Gasteiger partial charge >= 0.3 is 0 Å². The van der Waals surface area contributed by atoms with Crippen LogP contribution in [0, 0.1) is 0 Å². The van der Waals surface area contributed by atoms with Crippen LogP contribution in [0.5, 0.6) is 0 Å². The number of amides is 1. The van der Waals surface area contributed by atoms with E-state index in [1.54, 1.807) is 0 Å². The highest BCUT2D eigenvalue weighted by atomic mass is 16.1. The third-order valence-corrected chi connectivity index (χ3v) is 2.98. The van der Waals surface area contributed by atoms with Crippen molar-refractivity contribution in [2.24, 2.45) is 5.73 Å². The quantitative estimate of drug-likeness (QED) is 0.785. The van der Waals surface area contributed by atoms with E-state index in [-0.39, 0.29) is 11.9 Å². The van der Waals surface area contributed by atoms with Gasteiger partial charge in [0.25, 0.3) is 0 Å². The second-order valence-electron chi connectivity index (χ2n) is 4.07. The SMILES string of the molecule is CC(C(N)=O)N1CCCNc2ccccc21. The van der Waals surface area contributed by atoms with E-state index >= 15 is 0 Å². The third-order valence-electron chi connectivity index (χ3n) is 2.98. The molecule has 4 nitrogen and oxygen atoms in total. The molecule has 2 rings (SSSR count). The molecule has 1 aliphatic heterocycles. The molecule has 0 spiro atoms. The number of nitrogens with one attached hydrogen (secondary N) is 1. The van der Waals surface area contributed by atoms with Crippen LogP contribution in [0.2, 0.25) is 0 Å². The number of hydrogen-bond acceptors (Lipinski definition) is 3. The Morgan fingerprint density at radius 2 is 2.25 bits per heavy atom. The first kappa shape index (κ1) is 10.8. The van der Waals surface area contributed by atoms with Crippen LogP contribution in [0.1, 0.15) is 13.3 Å². The molecule has 0 radical (unpaired) electrons. The lowest BCUT2D eigenvalue weighted by atomic mass is 10.2. The molecular weight excluding hydrogens is 202 g/mol. The van der Waals surface area contributed by atoms with Crippen molar-refractivity contribution in [3.63, 3.8) is 0 Å². The number of fused-ring (bicyclic) bond motifs is 1. The van der Waals surface area contributed by atoms with Crippen molar-refractivity contribution in [3.8, 4) is 0 Å². The maximum Gasteiger partial charge on any atom is 0.239 e. The van der Waals surface area contributed by atoms with E-state index in [4.69, 9.17) is 5.73 Å². The summed E-state index contributed by atoms with van der Waals surface area (Å²) in [4.78, 5) is 13.3. The Morgan fingerprint density at radius 3 is 3.00 bits per heavy atom. The zero-order valence-corrected chi connectivity index (χ0v) is 9.44. The number of carbonyl (C=O) groups excluding carboxylic acids is 1. The number of nitrogens with two attached hydrogens (primary N) is 1. The predicted molar refractivity (Wildman–Crippen MR) is 65.6 cm³/mol. The first-order chi connectivity index (χ1) is 7.70. The minimum atomic E-state index is -0.281. The number of para-hydroxylation sites is 2. The lowest BCUT2D eigenvalue weighted by molar-refractivity contribution is -0.118. The Hall–Kier alpha value is -1.71. The normalized spacial score (nSPS) is 16.9. The zero-order valence-electron chi connectivity index (χ0n) is 9.44. The van der Waals surface area contributed by atoms with Gasteiger partial charge in [-0.15, -0.1) is 0 Å². The van der Waals surface area contributed by atoms with Crippen molar-refractivity contribution in [1.82, 2.24) is 0 Å². The number of carbonyl (C=O) groups is 1. The van der Waals surface area contributed by atoms with Crippen molar-refractivity contribution >= 4 is 17.3 Å². The molecule has 1 aromatic rings. The largest absolute Gasteiger partial charge is 0.383 e. The number of anilines is 2. The summed E-state index contributed by atoms with van der Waals surface area (Å²) < 4.78 is 0. The van der Waals surface area contributed by atoms with Crippen LogP contribution in [0.3, 0.4) is 0 Å². The summed E-state index contributed by atoms with van der Waals surface area (Å²) in [6.45, 7) is 3.64. The van der Waals surface area contributed by atoms with Crippen molar-refractivity contribution in [2.45, 2.75) is 19.4 Å². The van der Waals surface area contributed by atoms with Gasteiger partial charge in [-0.05, 0) is 25.5 Å². The number of rotatable bonds is 2. The minimum absolute atomic E-state index is 0.263. The number of benzene rings is 1. The van der Waals surface area contributed by atoms with Crippen LogP contribution in [-0.4, -0.2) is 25.0 Å². The van der Waals surface area contributed by atoms with Gasteiger partial charge < -0.3 is 16.0 Å². The predicted octanol–water partition coefficient (Wildman–Crippen LogP) is 1.18. The van der Waals surface area contributed by atoms with Crippen LogP contribution in [0.15, 0.2) is 24.3 Å². The molecule has 1 aliphatic rings. The van der Waals surface area contributed by atoms with Gasteiger partial charge in [0.05, 0.1) is 11.4 Å². The Kier molecular flexibility index (Phi) is 2.99. The van der Waals surface area contributed by atoms with Gasteiger partial charge in [-0.1, -0.05) is 12.1 Å². The average Bonchev–Trinajstić information content (AvgIpc) is 2.50. The third kappa shape index (κ3) is 1.96. The molecule has 86 valence electrons. The number of nitrogens with zero attached hydrogens (tertiary/aromatic N) is 1. The smallest absolute Gasteiger partial charge is 0.239 e. The monoisotopic (exact) mass is 219 g/mol. The second kappa shape index (κ2) is 4.43. The van der Waals surface area contributed by atoms with E-state index < -0.39 is 0 Å². The van der Waals surface area contributed by atoms with Crippen molar-refractivity contribution in [2.75, 3.05) is 23.3 Å². The van der Waals surface area contributed by atoms with E-state index in [9.17, 15) is 4.79 Å². The average molecular weight is 219 g/mol. The molecule has 0 saturated carbocycles. The molecule has 0 fully saturated rings. The molecule has 4 heteroatoms. The van der Waals surface area contributed by atoms with Gasteiger partial charge in [-0.3, -0.25) is 4.79 Å². The minimum Gasteiger partial charge on any atom is -0.383 e. The fourth-order valence-corrected chi connectivity index (χ4v) is 2.02. The Balaban J connectivity index is 2.36. The lowest BCUT2D eigenvalue weighted by Gasteiger charge is -2.28. The fraction of sp³-hybridized carbons (Fsp3) is 0.417. The molecule has 1 atom stereocenters. The first-order valence-electron chi connectivity index (χ1n) is 5.59. The molecule has 3 N–H and O–H groups in total. The topological polar surface area (TPSA) is 58.4 Å².